The standard InChI is InChI=1S/C17H20N4O4S3/c1-8-6-10(7-27-8)13(22)19-20-17(26)18-14-11(16(24)25-5)9(2)12(28-14)15(23)21(3)4/h6-7H,1-5H3,(H,19,22)(H2,18,20,26). The Hall–Kier alpha value is -2.50. The summed E-state index contributed by atoms with van der Waals surface area (Å²) in [7, 11) is 4.51. The molecule has 3 N–H and O–H groups in total. The monoisotopic (exact) mass is 440 g/mol. The number of anilines is 1. The second-order valence-corrected chi connectivity index (χ2v) is 8.47. The lowest BCUT2D eigenvalue weighted by Gasteiger charge is -2.11. The van der Waals surface area contributed by atoms with Gasteiger partial charge in [-0.05, 0) is 37.7 Å². The van der Waals surface area contributed by atoms with Crippen molar-refractivity contribution in [3.05, 3.63) is 37.9 Å². The number of esters is 1. The second kappa shape index (κ2) is 9.13. The molecular weight excluding hydrogens is 420 g/mol. The molecule has 0 fully saturated rings. The Labute approximate surface area is 175 Å². The van der Waals surface area contributed by atoms with Crippen molar-refractivity contribution in [3.8, 4) is 0 Å². The number of carbonyl (C=O) groups excluding carboxylic acids is 3. The van der Waals surface area contributed by atoms with E-state index >= 15 is 0 Å². The lowest BCUT2D eigenvalue weighted by atomic mass is 10.1. The van der Waals surface area contributed by atoms with Crippen LogP contribution in [-0.4, -0.2) is 49.0 Å². The lowest BCUT2D eigenvalue weighted by molar-refractivity contribution is 0.0601. The molecule has 28 heavy (non-hydrogen) atoms. The molecule has 0 unspecified atom stereocenters. The van der Waals surface area contributed by atoms with Crippen LogP contribution in [0.2, 0.25) is 0 Å². The van der Waals surface area contributed by atoms with Gasteiger partial charge in [-0.2, -0.15) is 0 Å². The zero-order chi connectivity index (χ0) is 21.0. The first kappa shape index (κ1) is 21.8. The Bertz CT molecular complexity index is 933. The molecule has 0 aliphatic rings. The van der Waals surface area contributed by atoms with Crippen molar-refractivity contribution in [2.45, 2.75) is 13.8 Å². The third-order valence-corrected chi connectivity index (χ3v) is 5.91. The fourth-order valence-electron chi connectivity index (χ4n) is 2.24. The summed E-state index contributed by atoms with van der Waals surface area (Å²) in [4.78, 5) is 39.5. The largest absolute Gasteiger partial charge is 0.465 e. The summed E-state index contributed by atoms with van der Waals surface area (Å²) in [6.45, 7) is 3.57. The van der Waals surface area contributed by atoms with E-state index in [0.717, 1.165) is 16.2 Å². The van der Waals surface area contributed by atoms with E-state index in [-0.39, 0.29) is 22.5 Å². The molecular formula is C17H20N4O4S3. The predicted octanol–water partition coefficient (Wildman–Crippen LogP) is 2.55. The summed E-state index contributed by atoms with van der Waals surface area (Å²) in [5.74, 6) is -1.16. The number of amides is 2. The number of thiocarbonyl (C=S) groups is 1. The lowest BCUT2D eigenvalue weighted by Crippen LogP contribution is -2.43. The number of carbonyl (C=O) groups is 3. The summed E-state index contributed by atoms with van der Waals surface area (Å²) < 4.78 is 4.82. The molecule has 8 nitrogen and oxygen atoms in total. The number of nitrogens with one attached hydrogen (secondary N) is 3. The van der Waals surface area contributed by atoms with Crippen LogP contribution in [0.4, 0.5) is 5.00 Å². The number of methoxy groups -OCH3 is 1. The van der Waals surface area contributed by atoms with Gasteiger partial charge in [0.05, 0.1) is 23.1 Å². The van der Waals surface area contributed by atoms with Gasteiger partial charge in [-0.1, -0.05) is 0 Å². The maximum absolute atomic E-state index is 12.4. The zero-order valence-electron chi connectivity index (χ0n) is 16.0. The number of thiophene rings is 2. The van der Waals surface area contributed by atoms with E-state index in [1.807, 2.05) is 6.92 Å². The quantitative estimate of drug-likeness (QED) is 0.382. The van der Waals surface area contributed by atoms with Crippen molar-refractivity contribution in [1.82, 2.24) is 15.8 Å². The van der Waals surface area contributed by atoms with Crippen molar-refractivity contribution in [3.63, 3.8) is 0 Å². The fraction of sp³-hybridized carbons (Fsp3) is 0.294. The number of aryl methyl sites for hydroxylation is 1. The van der Waals surface area contributed by atoms with Gasteiger partial charge in [0.1, 0.15) is 5.00 Å². The number of rotatable bonds is 4. The number of hydrazine groups is 1. The van der Waals surface area contributed by atoms with Gasteiger partial charge < -0.3 is 15.0 Å². The van der Waals surface area contributed by atoms with E-state index in [4.69, 9.17) is 17.0 Å². The van der Waals surface area contributed by atoms with Crippen LogP contribution in [0.5, 0.6) is 0 Å². The average molecular weight is 441 g/mol. The smallest absolute Gasteiger partial charge is 0.341 e. The Kier molecular flexibility index (Phi) is 7.11. The SMILES string of the molecule is COC(=O)c1c(NC(=S)NNC(=O)c2csc(C)c2)sc(C(=O)N(C)C)c1C. The first-order valence-electron chi connectivity index (χ1n) is 8.01. The van der Waals surface area contributed by atoms with Crippen LogP contribution in [0.1, 0.15) is 40.8 Å². The predicted molar refractivity (Wildman–Crippen MR) is 114 cm³/mol. The van der Waals surface area contributed by atoms with E-state index in [1.165, 1.54) is 23.3 Å². The molecule has 0 aliphatic heterocycles. The molecule has 2 amide bonds. The number of nitrogens with zero attached hydrogens (tertiary/aromatic N) is 1. The van der Waals surface area contributed by atoms with Crippen molar-refractivity contribution >= 4 is 62.8 Å². The highest BCUT2D eigenvalue weighted by Crippen LogP contribution is 2.34. The first-order valence-corrected chi connectivity index (χ1v) is 10.1. The highest BCUT2D eigenvalue weighted by atomic mass is 32.1. The van der Waals surface area contributed by atoms with Crippen LogP contribution in [-0.2, 0) is 4.74 Å². The van der Waals surface area contributed by atoms with Gasteiger partial charge in [0.15, 0.2) is 5.11 Å². The Balaban J connectivity index is 2.16. The molecule has 0 saturated heterocycles. The molecule has 0 aliphatic carbocycles. The Morgan fingerprint density at radius 2 is 1.86 bits per heavy atom. The molecule has 2 rings (SSSR count). The molecule has 2 heterocycles. The van der Waals surface area contributed by atoms with E-state index in [9.17, 15) is 14.4 Å². The number of hydrogen-bond donors (Lipinski definition) is 3. The van der Waals surface area contributed by atoms with Gasteiger partial charge in [0.2, 0.25) is 0 Å². The summed E-state index contributed by atoms with van der Waals surface area (Å²) in [5.41, 5.74) is 6.31. The van der Waals surface area contributed by atoms with Gasteiger partial charge in [-0.15, -0.1) is 22.7 Å². The molecule has 0 bridgehead atoms. The highest BCUT2D eigenvalue weighted by Gasteiger charge is 2.26. The summed E-state index contributed by atoms with van der Waals surface area (Å²) in [5, 5.41) is 5.00. The molecule has 0 aromatic carbocycles. The molecule has 0 atom stereocenters. The minimum absolute atomic E-state index is 0.0653. The van der Waals surface area contributed by atoms with Gasteiger partial charge in [0.25, 0.3) is 11.8 Å². The molecule has 2 aromatic heterocycles. The molecule has 0 spiro atoms. The van der Waals surface area contributed by atoms with Gasteiger partial charge in [0, 0.05) is 24.4 Å². The van der Waals surface area contributed by atoms with E-state index in [1.54, 1.807) is 32.5 Å². The van der Waals surface area contributed by atoms with E-state index < -0.39 is 5.97 Å². The van der Waals surface area contributed by atoms with Crippen LogP contribution in [0.15, 0.2) is 11.4 Å². The van der Waals surface area contributed by atoms with Crippen LogP contribution < -0.4 is 16.2 Å². The second-order valence-electron chi connectivity index (χ2n) is 5.93. The van der Waals surface area contributed by atoms with Gasteiger partial charge >= 0.3 is 5.97 Å². The summed E-state index contributed by atoms with van der Waals surface area (Å²) >= 11 is 7.74. The van der Waals surface area contributed by atoms with Crippen molar-refractivity contribution in [1.29, 1.82) is 0 Å². The van der Waals surface area contributed by atoms with E-state index in [2.05, 4.69) is 16.2 Å². The van der Waals surface area contributed by atoms with Crippen molar-refractivity contribution in [2.24, 2.45) is 0 Å². The fourth-order valence-corrected chi connectivity index (χ4v) is 4.36. The van der Waals surface area contributed by atoms with Crippen LogP contribution in [0.3, 0.4) is 0 Å². The molecule has 0 radical (unpaired) electrons. The van der Waals surface area contributed by atoms with Crippen LogP contribution in [0, 0.1) is 13.8 Å². The summed E-state index contributed by atoms with van der Waals surface area (Å²) in [6, 6.07) is 1.76. The van der Waals surface area contributed by atoms with Gasteiger partial charge in [-0.3, -0.25) is 20.4 Å². The minimum atomic E-state index is -0.588. The molecule has 150 valence electrons. The maximum atomic E-state index is 12.4. The molecule has 11 heteroatoms. The van der Waals surface area contributed by atoms with Crippen LogP contribution in [0.25, 0.3) is 0 Å². The Morgan fingerprint density at radius 1 is 1.18 bits per heavy atom. The van der Waals surface area contributed by atoms with Gasteiger partial charge in [-0.25, -0.2) is 4.79 Å². The third kappa shape index (κ3) is 4.86. The van der Waals surface area contributed by atoms with Crippen molar-refractivity contribution < 1.29 is 19.1 Å². The topological polar surface area (TPSA) is 99.8 Å². The normalized spacial score (nSPS) is 10.2. The number of ether oxygens (including phenoxy) is 1. The van der Waals surface area contributed by atoms with E-state index in [0.29, 0.717) is 21.0 Å². The Morgan fingerprint density at radius 3 is 2.39 bits per heavy atom. The third-order valence-electron chi connectivity index (χ3n) is 3.65. The number of hydrogen-bond acceptors (Lipinski definition) is 7. The van der Waals surface area contributed by atoms with Crippen molar-refractivity contribution in [2.75, 3.05) is 26.5 Å². The zero-order valence-corrected chi connectivity index (χ0v) is 18.4. The first-order chi connectivity index (χ1) is 13.1. The van der Waals surface area contributed by atoms with Crippen LogP contribution >= 0.6 is 34.9 Å². The molecule has 2 aromatic rings. The average Bonchev–Trinajstić information content (AvgIpc) is 3.22. The molecule has 0 saturated carbocycles. The highest BCUT2D eigenvalue weighted by molar-refractivity contribution is 7.80. The maximum Gasteiger partial charge on any atom is 0.341 e. The summed E-state index contributed by atoms with van der Waals surface area (Å²) in [6.07, 6.45) is 0. The minimum Gasteiger partial charge on any atom is -0.465 e.